The number of carbonyl (C=O) groups is 1. The van der Waals surface area contributed by atoms with Crippen LogP contribution in [0.1, 0.15) is 69.5 Å². The summed E-state index contributed by atoms with van der Waals surface area (Å²) in [6.07, 6.45) is 5.42. The Morgan fingerprint density at radius 1 is 1.09 bits per heavy atom. The van der Waals surface area contributed by atoms with Gasteiger partial charge in [0.05, 0.1) is 10.9 Å². The summed E-state index contributed by atoms with van der Waals surface area (Å²) in [5.74, 6) is -0.490. The number of amides is 1. The highest BCUT2D eigenvalue weighted by atomic mass is 32.2. The Morgan fingerprint density at radius 3 is 2.47 bits per heavy atom. The van der Waals surface area contributed by atoms with Crippen LogP contribution in [-0.2, 0) is 21.2 Å². The van der Waals surface area contributed by atoms with Crippen LogP contribution in [0.4, 0.5) is 10.1 Å². The normalized spacial score (nSPS) is 23.4. The first kappa shape index (κ1) is 24.7. The number of anilines is 1. The Hall–Kier alpha value is -2.45. The van der Waals surface area contributed by atoms with E-state index in [0.717, 1.165) is 36.1 Å². The fourth-order valence-electron chi connectivity index (χ4n) is 4.94. The first-order valence-corrected chi connectivity index (χ1v) is 13.7. The van der Waals surface area contributed by atoms with Gasteiger partial charge < -0.3 is 10.6 Å². The summed E-state index contributed by atoms with van der Waals surface area (Å²) in [7, 11) is -3.62. The van der Waals surface area contributed by atoms with Gasteiger partial charge in [0.1, 0.15) is 5.82 Å². The molecule has 0 unspecified atom stereocenters. The third-order valence-corrected chi connectivity index (χ3v) is 8.67. The zero-order chi connectivity index (χ0) is 24.3. The molecule has 0 spiro atoms. The molecule has 2 aliphatic rings. The molecule has 0 radical (unpaired) electrons. The van der Waals surface area contributed by atoms with Gasteiger partial charge in [-0.15, -0.1) is 0 Å². The zero-order valence-electron chi connectivity index (χ0n) is 19.8. The van der Waals surface area contributed by atoms with Crippen LogP contribution in [0.3, 0.4) is 0 Å². The molecule has 184 valence electrons. The highest BCUT2D eigenvalue weighted by Gasteiger charge is 2.30. The maximum absolute atomic E-state index is 13.1. The highest BCUT2D eigenvalue weighted by molar-refractivity contribution is 7.89. The van der Waals surface area contributed by atoms with E-state index >= 15 is 0 Å². The Bertz CT molecular complexity index is 1110. The molecule has 4 rings (SSSR count). The monoisotopic (exact) mass is 487 g/mol. The Labute approximate surface area is 201 Å². The van der Waals surface area contributed by atoms with E-state index in [-0.39, 0.29) is 29.7 Å². The lowest BCUT2D eigenvalue weighted by Crippen LogP contribution is -2.41. The minimum Gasteiger partial charge on any atom is -0.382 e. The summed E-state index contributed by atoms with van der Waals surface area (Å²) in [6.45, 7) is 4.03. The van der Waals surface area contributed by atoms with Gasteiger partial charge in [-0.25, -0.2) is 17.5 Å². The van der Waals surface area contributed by atoms with Gasteiger partial charge in [0, 0.05) is 23.7 Å². The Kier molecular flexibility index (Phi) is 7.57. The number of rotatable bonds is 7. The third-order valence-electron chi connectivity index (χ3n) is 7.15. The second-order valence-electron chi connectivity index (χ2n) is 9.56. The zero-order valence-corrected chi connectivity index (χ0v) is 20.6. The smallest absolute Gasteiger partial charge is 0.240 e. The first-order chi connectivity index (χ1) is 16.2. The van der Waals surface area contributed by atoms with Crippen molar-refractivity contribution in [3.63, 3.8) is 0 Å². The molecular formula is C26H34FN3O3S. The second-order valence-corrected chi connectivity index (χ2v) is 11.3. The number of aryl methyl sites for hydroxylation is 1. The van der Waals surface area contributed by atoms with E-state index < -0.39 is 10.0 Å². The lowest BCUT2D eigenvalue weighted by atomic mass is 9.85. The van der Waals surface area contributed by atoms with Gasteiger partial charge in [0.15, 0.2) is 0 Å². The number of benzene rings is 2. The Balaban J connectivity index is 1.30. The maximum Gasteiger partial charge on any atom is 0.240 e. The van der Waals surface area contributed by atoms with Crippen molar-refractivity contribution in [2.45, 2.75) is 81.8 Å². The number of hydrogen-bond acceptors (Lipinski definition) is 4. The molecule has 0 bridgehead atoms. The van der Waals surface area contributed by atoms with Gasteiger partial charge in [0.2, 0.25) is 15.9 Å². The number of sulfonamides is 1. The number of carbonyl (C=O) groups excluding carboxylic acids is 1. The van der Waals surface area contributed by atoms with Gasteiger partial charge in [-0.3, -0.25) is 4.79 Å². The van der Waals surface area contributed by atoms with Crippen molar-refractivity contribution < 1.29 is 17.6 Å². The quantitative estimate of drug-likeness (QED) is 0.529. The lowest BCUT2D eigenvalue weighted by Gasteiger charge is -2.29. The minimum atomic E-state index is -3.62. The molecule has 2 aromatic carbocycles. The predicted octanol–water partition coefficient (Wildman–Crippen LogP) is 4.68. The van der Waals surface area contributed by atoms with Crippen molar-refractivity contribution in [2.24, 2.45) is 5.92 Å². The molecule has 6 nitrogen and oxygen atoms in total. The van der Waals surface area contributed by atoms with Crippen LogP contribution in [0.2, 0.25) is 0 Å². The van der Waals surface area contributed by atoms with Crippen LogP contribution >= 0.6 is 0 Å². The second kappa shape index (κ2) is 10.4. The van der Waals surface area contributed by atoms with Gasteiger partial charge >= 0.3 is 0 Å². The predicted molar refractivity (Wildman–Crippen MR) is 131 cm³/mol. The summed E-state index contributed by atoms with van der Waals surface area (Å²) < 4.78 is 42.0. The van der Waals surface area contributed by atoms with E-state index in [4.69, 9.17) is 0 Å². The Morgan fingerprint density at radius 2 is 1.79 bits per heavy atom. The number of hydrogen-bond donors (Lipinski definition) is 3. The van der Waals surface area contributed by atoms with E-state index in [1.807, 2.05) is 13.0 Å². The van der Waals surface area contributed by atoms with E-state index in [0.29, 0.717) is 36.6 Å². The molecular weight excluding hydrogens is 453 g/mol. The van der Waals surface area contributed by atoms with Gasteiger partial charge in [-0.1, -0.05) is 19.1 Å². The van der Waals surface area contributed by atoms with Crippen molar-refractivity contribution in [3.05, 3.63) is 59.4 Å². The fourth-order valence-corrected chi connectivity index (χ4v) is 6.30. The van der Waals surface area contributed by atoms with Crippen LogP contribution in [0.15, 0.2) is 47.4 Å². The van der Waals surface area contributed by atoms with Crippen molar-refractivity contribution in [1.29, 1.82) is 0 Å². The highest BCUT2D eigenvalue weighted by Crippen LogP contribution is 2.30. The minimum absolute atomic E-state index is 0.0364. The van der Waals surface area contributed by atoms with E-state index in [2.05, 4.69) is 22.3 Å². The molecule has 1 aliphatic carbocycles. The molecule has 0 aromatic heterocycles. The van der Waals surface area contributed by atoms with E-state index in [1.54, 1.807) is 24.3 Å². The molecule has 2 aromatic rings. The third kappa shape index (κ3) is 5.78. The molecule has 3 N–H and O–H groups in total. The van der Waals surface area contributed by atoms with E-state index in [9.17, 15) is 17.6 Å². The largest absolute Gasteiger partial charge is 0.382 e. The number of fused-ring (bicyclic) bond motifs is 1. The molecule has 1 heterocycles. The van der Waals surface area contributed by atoms with Crippen LogP contribution < -0.4 is 15.4 Å². The summed E-state index contributed by atoms with van der Waals surface area (Å²) >= 11 is 0. The average molecular weight is 488 g/mol. The molecule has 34 heavy (non-hydrogen) atoms. The van der Waals surface area contributed by atoms with Crippen molar-refractivity contribution in [1.82, 2.24) is 10.0 Å². The van der Waals surface area contributed by atoms with E-state index in [1.165, 1.54) is 12.1 Å². The molecule has 0 saturated heterocycles. The van der Waals surface area contributed by atoms with Crippen LogP contribution in [-0.4, -0.2) is 26.4 Å². The van der Waals surface area contributed by atoms with Crippen LogP contribution in [0.5, 0.6) is 0 Å². The fraction of sp³-hybridized carbons (Fsp3) is 0.500. The molecule has 1 fully saturated rings. The first-order valence-electron chi connectivity index (χ1n) is 12.2. The molecule has 2 atom stereocenters. The van der Waals surface area contributed by atoms with Gasteiger partial charge in [-0.05, 0) is 93.3 Å². The summed E-state index contributed by atoms with van der Waals surface area (Å²) in [5, 5.41) is 6.48. The number of nitrogens with one attached hydrogen (secondary N) is 3. The van der Waals surface area contributed by atoms with Crippen molar-refractivity contribution in [2.75, 3.05) is 5.32 Å². The summed E-state index contributed by atoms with van der Waals surface area (Å²) in [4.78, 5) is 13.0. The van der Waals surface area contributed by atoms with Gasteiger partial charge in [-0.2, -0.15) is 0 Å². The summed E-state index contributed by atoms with van der Waals surface area (Å²) in [6, 6.07) is 11.5. The molecule has 1 amide bonds. The summed E-state index contributed by atoms with van der Waals surface area (Å²) in [5.41, 5.74) is 2.92. The lowest BCUT2D eigenvalue weighted by molar-refractivity contribution is -0.126. The number of halogens is 1. The maximum atomic E-state index is 13.1. The van der Waals surface area contributed by atoms with Crippen molar-refractivity contribution >= 4 is 21.6 Å². The molecule has 1 aliphatic heterocycles. The van der Waals surface area contributed by atoms with Crippen LogP contribution in [0.25, 0.3) is 0 Å². The van der Waals surface area contributed by atoms with Crippen LogP contribution in [0, 0.1) is 11.7 Å². The van der Waals surface area contributed by atoms with Gasteiger partial charge in [0.25, 0.3) is 0 Å². The molecule has 8 heteroatoms. The standard InChI is InChI=1S/C26H34FN3O3S/c1-3-22-11-8-20-16-24(14-15-25(20)29-22)34(32,33)30-23-12-6-19(7-13-23)26(31)28-17(2)18-4-9-21(27)10-5-18/h4-5,9-10,14-17,19,22-23,29-30H,3,6-8,11-13H2,1-2H3,(H,28,31)/t17-,19-,22-,23-/m1/s1. The molecule has 1 saturated carbocycles. The topological polar surface area (TPSA) is 87.3 Å². The SMILES string of the molecule is CC[C@@H]1CCc2cc(S(=O)(=O)N[C@H]3CC[C@H](C(=O)N[C@H](C)c4ccc(F)cc4)CC3)ccc2N1. The van der Waals surface area contributed by atoms with Crippen molar-refractivity contribution in [3.8, 4) is 0 Å². The average Bonchev–Trinajstić information content (AvgIpc) is 2.83.